The van der Waals surface area contributed by atoms with Gasteiger partial charge >= 0.3 is 5.97 Å². The van der Waals surface area contributed by atoms with Crippen LogP contribution in [0.3, 0.4) is 0 Å². The first-order valence-electron chi connectivity index (χ1n) is 8.21. The number of anilines is 1. The summed E-state index contributed by atoms with van der Waals surface area (Å²) in [7, 11) is 0. The van der Waals surface area contributed by atoms with Crippen LogP contribution in [0.15, 0.2) is 65.6 Å². The van der Waals surface area contributed by atoms with Crippen molar-refractivity contribution in [3.05, 3.63) is 70.6 Å². The molecule has 0 fully saturated rings. The monoisotopic (exact) mass is 364 g/mol. The number of benzene rings is 1. The molecule has 1 amide bonds. The fourth-order valence-electron chi connectivity index (χ4n) is 2.88. The summed E-state index contributed by atoms with van der Waals surface area (Å²) in [4.78, 5) is 29.1. The summed E-state index contributed by atoms with van der Waals surface area (Å²) in [5.41, 5.74) is 3.34. The number of aryl methyl sites for hydroxylation is 1. The Morgan fingerprint density at radius 2 is 2.04 bits per heavy atom. The Kier molecular flexibility index (Phi) is 4.26. The molecule has 2 aromatic rings. The summed E-state index contributed by atoms with van der Waals surface area (Å²) in [6, 6.07) is 7.39. The van der Waals surface area contributed by atoms with Crippen LogP contribution in [0.1, 0.15) is 5.01 Å². The average molecular weight is 364 g/mol. The van der Waals surface area contributed by atoms with Gasteiger partial charge in [-0.25, -0.2) is 4.98 Å². The van der Waals surface area contributed by atoms with Gasteiger partial charge in [0.05, 0.1) is 10.7 Å². The molecule has 0 saturated carbocycles. The standard InChI is InChI=1S/C20H16N2O3S/c1-12-21-17(11-26-12)13-6-8-15(9-7-13)22-19(23)16-10-14-4-2-3-5-18(14)25-20(16)24/h2-11,16,18H,1H3,(H,22,23). The van der Waals surface area contributed by atoms with Crippen molar-refractivity contribution >= 4 is 28.9 Å². The molecule has 6 heteroatoms. The van der Waals surface area contributed by atoms with Crippen LogP contribution in [0.25, 0.3) is 11.3 Å². The van der Waals surface area contributed by atoms with Crippen molar-refractivity contribution < 1.29 is 14.3 Å². The van der Waals surface area contributed by atoms with Crippen molar-refractivity contribution in [2.45, 2.75) is 13.0 Å². The minimum absolute atomic E-state index is 0.391. The molecule has 1 aliphatic heterocycles. The number of thiazole rings is 1. The highest BCUT2D eigenvalue weighted by molar-refractivity contribution is 7.09. The normalized spacial score (nSPS) is 21.0. The molecule has 1 aromatic carbocycles. The number of hydrogen-bond donors (Lipinski definition) is 1. The Labute approximate surface area is 154 Å². The van der Waals surface area contributed by atoms with E-state index in [1.165, 1.54) is 0 Å². The molecule has 26 heavy (non-hydrogen) atoms. The number of nitrogens with one attached hydrogen (secondary N) is 1. The molecular formula is C20H16N2O3S. The van der Waals surface area contributed by atoms with Gasteiger partial charge in [0.2, 0.25) is 5.91 Å². The fraction of sp³-hybridized carbons (Fsp3) is 0.150. The maximum absolute atomic E-state index is 12.5. The van der Waals surface area contributed by atoms with Crippen molar-refractivity contribution in [1.29, 1.82) is 0 Å². The highest BCUT2D eigenvalue weighted by Gasteiger charge is 2.34. The molecule has 2 atom stereocenters. The first kappa shape index (κ1) is 16.5. The Hall–Kier alpha value is -2.99. The van der Waals surface area contributed by atoms with Crippen LogP contribution in [-0.2, 0) is 14.3 Å². The molecule has 5 nitrogen and oxygen atoms in total. The van der Waals surface area contributed by atoms with Crippen LogP contribution in [0.4, 0.5) is 5.69 Å². The van der Waals surface area contributed by atoms with Gasteiger partial charge in [0.1, 0.15) is 6.10 Å². The molecule has 130 valence electrons. The second-order valence-corrected chi connectivity index (χ2v) is 7.13. The zero-order valence-corrected chi connectivity index (χ0v) is 14.8. The number of amides is 1. The van der Waals surface area contributed by atoms with Crippen molar-refractivity contribution in [3.8, 4) is 11.3 Å². The van der Waals surface area contributed by atoms with Crippen LogP contribution in [0, 0.1) is 12.8 Å². The third-order valence-electron chi connectivity index (χ3n) is 4.22. The van der Waals surface area contributed by atoms with Gasteiger partial charge in [0.15, 0.2) is 5.92 Å². The summed E-state index contributed by atoms with van der Waals surface area (Å²) in [5.74, 6) is -1.88. The number of carbonyl (C=O) groups excluding carboxylic acids is 2. The Bertz CT molecular complexity index is 954. The molecule has 4 rings (SSSR count). The van der Waals surface area contributed by atoms with E-state index in [1.807, 2.05) is 42.7 Å². The summed E-state index contributed by atoms with van der Waals surface area (Å²) in [6.45, 7) is 1.96. The van der Waals surface area contributed by atoms with E-state index in [4.69, 9.17) is 4.74 Å². The number of hydrogen-bond acceptors (Lipinski definition) is 5. The van der Waals surface area contributed by atoms with Crippen molar-refractivity contribution in [3.63, 3.8) is 0 Å². The average Bonchev–Trinajstić information content (AvgIpc) is 3.08. The lowest BCUT2D eigenvalue weighted by Crippen LogP contribution is -2.36. The number of aromatic nitrogens is 1. The third kappa shape index (κ3) is 3.23. The van der Waals surface area contributed by atoms with E-state index in [9.17, 15) is 9.59 Å². The minimum Gasteiger partial charge on any atom is -0.452 e. The number of allylic oxidation sites excluding steroid dienone is 2. The zero-order valence-electron chi connectivity index (χ0n) is 14.0. The number of nitrogens with zero attached hydrogens (tertiary/aromatic N) is 1. The number of esters is 1. The molecule has 0 radical (unpaired) electrons. The lowest BCUT2D eigenvalue weighted by atomic mass is 9.95. The summed E-state index contributed by atoms with van der Waals surface area (Å²) >= 11 is 1.59. The first-order chi connectivity index (χ1) is 12.6. The van der Waals surface area contributed by atoms with Crippen molar-refractivity contribution in [2.75, 3.05) is 5.32 Å². The number of fused-ring (bicyclic) bond motifs is 1. The third-order valence-corrected chi connectivity index (χ3v) is 4.99. The van der Waals surface area contributed by atoms with E-state index in [2.05, 4.69) is 10.3 Å². The Morgan fingerprint density at radius 3 is 2.77 bits per heavy atom. The predicted octanol–water partition coefficient (Wildman–Crippen LogP) is 3.65. The van der Waals surface area contributed by atoms with Gasteiger partial charge in [-0.2, -0.15) is 0 Å². The van der Waals surface area contributed by atoms with Crippen LogP contribution in [0.5, 0.6) is 0 Å². The summed E-state index contributed by atoms with van der Waals surface area (Å²) < 4.78 is 5.33. The van der Waals surface area contributed by atoms with E-state index in [-0.39, 0.29) is 0 Å². The second kappa shape index (κ2) is 6.72. The van der Waals surface area contributed by atoms with E-state index < -0.39 is 23.9 Å². The molecular weight excluding hydrogens is 348 g/mol. The van der Waals surface area contributed by atoms with Gasteiger partial charge in [-0.15, -0.1) is 11.3 Å². The lowest BCUT2D eigenvalue weighted by Gasteiger charge is -2.26. The van der Waals surface area contributed by atoms with Gasteiger partial charge in [0, 0.05) is 16.6 Å². The molecule has 1 N–H and O–H groups in total. The molecule has 0 spiro atoms. The lowest BCUT2D eigenvalue weighted by molar-refractivity contribution is -0.152. The highest BCUT2D eigenvalue weighted by Crippen LogP contribution is 2.26. The van der Waals surface area contributed by atoms with Crippen LogP contribution < -0.4 is 5.32 Å². The smallest absolute Gasteiger partial charge is 0.323 e. The molecule has 0 bridgehead atoms. The Morgan fingerprint density at radius 1 is 1.23 bits per heavy atom. The van der Waals surface area contributed by atoms with Gasteiger partial charge in [-0.3, -0.25) is 9.59 Å². The summed E-state index contributed by atoms with van der Waals surface area (Å²) in [5, 5.41) is 5.78. The maximum Gasteiger partial charge on any atom is 0.323 e. The molecule has 2 aliphatic rings. The SMILES string of the molecule is Cc1nc(-c2ccc(NC(=O)C3C=C4C=CC=CC4OC3=O)cc2)cs1. The largest absolute Gasteiger partial charge is 0.452 e. The molecule has 2 unspecified atom stereocenters. The zero-order chi connectivity index (χ0) is 18.1. The minimum atomic E-state index is -0.946. The van der Waals surface area contributed by atoms with Gasteiger partial charge in [-0.05, 0) is 30.7 Å². The first-order valence-corrected chi connectivity index (χ1v) is 9.08. The Balaban J connectivity index is 1.48. The van der Waals surface area contributed by atoms with Crippen LogP contribution in [-0.4, -0.2) is 23.0 Å². The van der Waals surface area contributed by atoms with E-state index >= 15 is 0 Å². The van der Waals surface area contributed by atoms with E-state index in [0.29, 0.717) is 5.69 Å². The van der Waals surface area contributed by atoms with Crippen LogP contribution in [0.2, 0.25) is 0 Å². The maximum atomic E-state index is 12.5. The predicted molar refractivity (Wildman–Crippen MR) is 101 cm³/mol. The molecule has 1 aromatic heterocycles. The second-order valence-electron chi connectivity index (χ2n) is 6.06. The van der Waals surface area contributed by atoms with Gasteiger partial charge in [-0.1, -0.05) is 36.4 Å². The number of carbonyl (C=O) groups is 2. The van der Waals surface area contributed by atoms with Crippen molar-refractivity contribution in [2.24, 2.45) is 5.92 Å². The topological polar surface area (TPSA) is 68.3 Å². The molecule has 0 saturated heterocycles. The molecule has 2 heterocycles. The van der Waals surface area contributed by atoms with Gasteiger partial charge in [0.25, 0.3) is 0 Å². The highest BCUT2D eigenvalue weighted by atomic mass is 32.1. The number of ether oxygens (including phenoxy) is 1. The molecule has 1 aliphatic carbocycles. The van der Waals surface area contributed by atoms with Crippen LogP contribution >= 0.6 is 11.3 Å². The fourth-order valence-corrected chi connectivity index (χ4v) is 3.50. The quantitative estimate of drug-likeness (QED) is 0.667. The van der Waals surface area contributed by atoms with Gasteiger partial charge < -0.3 is 10.1 Å². The van der Waals surface area contributed by atoms with E-state index in [0.717, 1.165) is 21.8 Å². The number of rotatable bonds is 3. The van der Waals surface area contributed by atoms with E-state index in [1.54, 1.807) is 35.6 Å². The summed E-state index contributed by atoms with van der Waals surface area (Å²) in [6.07, 6.45) is 8.59. The van der Waals surface area contributed by atoms with Crippen molar-refractivity contribution in [1.82, 2.24) is 4.98 Å².